The molecular weight excluding hydrogens is 278 g/mol. The van der Waals surface area contributed by atoms with E-state index < -0.39 is 5.60 Å². The molecule has 0 bridgehead atoms. The molecule has 1 aromatic carbocycles. The van der Waals surface area contributed by atoms with E-state index in [1.165, 1.54) is 6.92 Å². The third-order valence-electron chi connectivity index (χ3n) is 5.15. The van der Waals surface area contributed by atoms with Gasteiger partial charge in [0, 0.05) is 18.8 Å². The first-order valence-electron chi connectivity index (χ1n) is 8.29. The second-order valence-corrected chi connectivity index (χ2v) is 6.45. The van der Waals surface area contributed by atoms with Crippen molar-refractivity contribution in [2.75, 3.05) is 31.2 Å². The highest BCUT2D eigenvalue weighted by Gasteiger charge is 2.44. The molecule has 0 aromatic heterocycles. The number of rotatable bonds is 4. The Bertz CT molecular complexity index is 533. The maximum absolute atomic E-state index is 12.3. The zero-order valence-corrected chi connectivity index (χ0v) is 13.3. The molecule has 0 radical (unpaired) electrons. The van der Waals surface area contributed by atoms with E-state index in [4.69, 9.17) is 4.74 Å². The summed E-state index contributed by atoms with van der Waals surface area (Å²) >= 11 is 0. The van der Waals surface area contributed by atoms with Crippen molar-refractivity contribution < 1.29 is 14.6 Å². The molecule has 1 aliphatic heterocycles. The minimum atomic E-state index is -1.33. The summed E-state index contributed by atoms with van der Waals surface area (Å²) in [5.41, 5.74) is 0.480. The second-order valence-electron chi connectivity index (χ2n) is 6.45. The number of ketones is 1. The van der Waals surface area contributed by atoms with Gasteiger partial charge in [-0.2, -0.15) is 0 Å². The van der Waals surface area contributed by atoms with Gasteiger partial charge in [-0.05, 0) is 43.4 Å². The molecule has 2 fully saturated rings. The van der Waals surface area contributed by atoms with Crippen molar-refractivity contribution in [3.05, 3.63) is 29.8 Å². The SMILES string of the molecule is CC(=O)C(O)(c1cccc(N2CCOCC2)c1)C1CCCC1. The lowest BCUT2D eigenvalue weighted by atomic mass is 9.77. The van der Waals surface area contributed by atoms with Crippen molar-refractivity contribution >= 4 is 11.5 Å². The number of Topliss-reactive ketones (excluding diaryl/α,β-unsaturated/α-hetero) is 1. The van der Waals surface area contributed by atoms with Crippen LogP contribution in [0.25, 0.3) is 0 Å². The number of carbonyl (C=O) groups is 1. The van der Waals surface area contributed by atoms with Gasteiger partial charge in [0.15, 0.2) is 11.4 Å². The Morgan fingerprint density at radius 1 is 1.27 bits per heavy atom. The van der Waals surface area contributed by atoms with Crippen molar-refractivity contribution in [2.45, 2.75) is 38.2 Å². The topological polar surface area (TPSA) is 49.8 Å². The summed E-state index contributed by atoms with van der Waals surface area (Å²) in [6.07, 6.45) is 4.06. The van der Waals surface area contributed by atoms with Crippen molar-refractivity contribution in [1.29, 1.82) is 0 Å². The molecule has 1 saturated carbocycles. The van der Waals surface area contributed by atoms with Crippen LogP contribution in [0.5, 0.6) is 0 Å². The van der Waals surface area contributed by atoms with Crippen LogP contribution >= 0.6 is 0 Å². The summed E-state index contributed by atoms with van der Waals surface area (Å²) in [6.45, 7) is 4.67. The van der Waals surface area contributed by atoms with Gasteiger partial charge in [-0.25, -0.2) is 0 Å². The smallest absolute Gasteiger partial charge is 0.166 e. The minimum Gasteiger partial charge on any atom is -0.378 e. The van der Waals surface area contributed by atoms with Gasteiger partial charge in [0.25, 0.3) is 0 Å². The van der Waals surface area contributed by atoms with E-state index in [1.54, 1.807) is 0 Å². The summed E-state index contributed by atoms with van der Waals surface area (Å²) in [6, 6.07) is 7.88. The quantitative estimate of drug-likeness (QED) is 0.928. The third-order valence-corrected chi connectivity index (χ3v) is 5.15. The van der Waals surface area contributed by atoms with E-state index in [0.717, 1.165) is 63.2 Å². The molecule has 120 valence electrons. The molecule has 1 heterocycles. The first-order chi connectivity index (χ1) is 10.6. The second kappa shape index (κ2) is 6.39. The van der Waals surface area contributed by atoms with Crippen molar-refractivity contribution in [3.8, 4) is 0 Å². The number of morpholine rings is 1. The predicted octanol–water partition coefficient (Wildman–Crippen LogP) is 2.49. The van der Waals surface area contributed by atoms with E-state index in [2.05, 4.69) is 4.90 Å². The van der Waals surface area contributed by atoms with Gasteiger partial charge in [-0.15, -0.1) is 0 Å². The van der Waals surface area contributed by atoms with Gasteiger partial charge < -0.3 is 14.7 Å². The van der Waals surface area contributed by atoms with Crippen molar-refractivity contribution in [1.82, 2.24) is 0 Å². The molecule has 4 heteroatoms. The van der Waals surface area contributed by atoms with Crippen LogP contribution in [0.1, 0.15) is 38.2 Å². The lowest BCUT2D eigenvalue weighted by molar-refractivity contribution is -0.142. The van der Waals surface area contributed by atoms with Gasteiger partial charge in [-0.1, -0.05) is 25.0 Å². The summed E-state index contributed by atoms with van der Waals surface area (Å²) in [7, 11) is 0. The number of anilines is 1. The number of carbonyl (C=O) groups excluding carboxylic acids is 1. The molecule has 22 heavy (non-hydrogen) atoms. The Balaban J connectivity index is 1.92. The molecule has 1 aromatic rings. The fourth-order valence-corrected chi connectivity index (χ4v) is 3.83. The Labute approximate surface area is 132 Å². The largest absolute Gasteiger partial charge is 0.378 e. The van der Waals surface area contributed by atoms with Crippen LogP contribution in [0.3, 0.4) is 0 Å². The molecule has 1 aliphatic carbocycles. The molecule has 0 amide bonds. The van der Waals surface area contributed by atoms with Gasteiger partial charge in [0.1, 0.15) is 0 Å². The van der Waals surface area contributed by atoms with Gasteiger partial charge in [0.05, 0.1) is 13.2 Å². The summed E-state index contributed by atoms with van der Waals surface area (Å²) in [5, 5.41) is 11.2. The Kier molecular flexibility index (Phi) is 4.50. The highest BCUT2D eigenvalue weighted by molar-refractivity contribution is 5.86. The Hall–Kier alpha value is -1.39. The lowest BCUT2D eigenvalue weighted by Crippen LogP contribution is -2.41. The first-order valence-corrected chi connectivity index (χ1v) is 8.29. The number of ether oxygens (including phenoxy) is 1. The van der Waals surface area contributed by atoms with Crippen LogP contribution in [-0.4, -0.2) is 37.2 Å². The fourth-order valence-electron chi connectivity index (χ4n) is 3.83. The number of hydrogen-bond donors (Lipinski definition) is 1. The van der Waals surface area contributed by atoms with E-state index in [9.17, 15) is 9.90 Å². The zero-order chi connectivity index (χ0) is 15.6. The molecule has 1 atom stereocenters. The maximum atomic E-state index is 12.3. The normalized spacial score (nSPS) is 22.5. The van der Waals surface area contributed by atoms with Crippen LogP contribution in [0.2, 0.25) is 0 Å². The van der Waals surface area contributed by atoms with E-state index in [-0.39, 0.29) is 11.7 Å². The zero-order valence-electron chi connectivity index (χ0n) is 13.3. The Morgan fingerprint density at radius 2 is 1.95 bits per heavy atom. The summed E-state index contributed by atoms with van der Waals surface area (Å²) < 4.78 is 5.39. The molecule has 0 spiro atoms. The van der Waals surface area contributed by atoms with E-state index in [0.29, 0.717) is 0 Å². The molecule has 3 rings (SSSR count). The van der Waals surface area contributed by atoms with E-state index >= 15 is 0 Å². The summed E-state index contributed by atoms with van der Waals surface area (Å²) in [4.78, 5) is 14.5. The molecule has 1 N–H and O–H groups in total. The lowest BCUT2D eigenvalue weighted by Gasteiger charge is -2.34. The minimum absolute atomic E-state index is 0.0462. The standard InChI is InChI=1S/C18H25NO3/c1-14(20)18(21,15-5-2-3-6-15)16-7-4-8-17(13-16)19-9-11-22-12-10-19/h4,7-8,13,15,21H,2-3,5-6,9-12H2,1H3. The highest BCUT2D eigenvalue weighted by atomic mass is 16.5. The number of hydrogen-bond acceptors (Lipinski definition) is 4. The molecular formula is C18H25NO3. The molecule has 1 unspecified atom stereocenters. The van der Waals surface area contributed by atoms with Crippen LogP contribution in [0, 0.1) is 5.92 Å². The van der Waals surface area contributed by atoms with Crippen molar-refractivity contribution in [2.24, 2.45) is 5.92 Å². The molecule has 1 saturated heterocycles. The molecule has 4 nitrogen and oxygen atoms in total. The fraction of sp³-hybridized carbons (Fsp3) is 0.611. The van der Waals surface area contributed by atoms with Crippen LogP contribution in [0.15, 0.2) is 24.3 Å². The van der Waals surface area contributed by atoms with E-state index in [1.807, 2.05) is 24.3 Å². The number of nitrogens with zero attached hydrogens (tertiary/aromatic N) is 1. The van der Waals surface area contributed by atoms with Crippen LogP contribution < -0.4 is 4.90 Å². The van der Waals surface area contributed by atoms with Crippen LogP contribution in [0.4, 0.5) is 5.69 Å². The van der Waals surface area contributed by atoms with Gasteiger partial charge in [-0.3, -0.25) is 4.79 Å². The van der Waals surface area contributed by atoms with Gasteiger partial charge >= 0.3 is 0 Å². The molecule has 2 aliphatic rings. The average molecular weight is 303 g/mol. The first kappa shape index (κ1) is 15.5. The maximum Gasteiger partial charge on any atom is 0.166 e. The van der Waals surface area contributed by atoms with Gasteiger partial charge in [0.2, 0.25) is 0 Å². The number of aliphatic hydroxyl groups is 1. The highest BCUT2D eigenvalue weighted by Crippen LogP contribution is 2.42. The van der Waals surface area contributed by atoms with Crippen molar-refractivity contribution in [3.63, 3.8) is 0 Å². The summed E-state index contributed by atoms with van der Waals surface area (Å²) in [5.74, 6) is -0.0940. The monoisotopic (exact) mass is 303 g/mol. The average Bonchev–Trinajstić information content (AvgIpc) is 3.10. The Morgan fingerprint density at radius 3 is 2.59 bits per heavy atom. The van der Waals surface area contributed by atoms with Crippen LogP contribution in [-0.2, 0) is 15.1 Å². The number of benzene rings is 1. The third kappa shape index (κ3) is 2.77. The predicted molar refractivity (Wildman–Crippen MR) is 86.0 cm³/mol.